The number of amides is 2. The van der Waals surface area contributed by atoms with Gasteiger partial charge in [0.2, 0.25) is 5.91 Å². The van der Waals surface area contributed by atoms with Gasteiger partial charge in [-0.15, -0.1) is 0 Å². The standard InChI is InChI=1S/C20H30ClN3O2S/c1-27-15-10-18(23-19(25)16-8-3-4-9-17(16)21)20(26)22-11-7-14-24-12-5-2-6-13-24/h3-4,8-9,18H,2,5-7,10-15H2,1H3,(H,22,26)(H,23,25). The van der Waals surface area contributed by atoms with Gasteiger partial charge in [0.25, 0.3) is 5.91 Å². The normalized spacial score (nSPS) is 15.9. The van der Waals surface area contributed by atoms with Crippen LogP contribution in [0.5, 0.6) is 0 Å². The zero-order valence-corrected chi connectivity index (χ0v) is 17.6. The number of rotatable bonds is 10. The van der Waals surface area contributed by atoms with Crippen LogP contribution in [0.25, 0.3) is 0 Å². The highest BCUT2D eigenvalue weighted by molar-refractivity contribution is 7.98. The third-order valence-corrected chi connectivity index (χ3v) is 5.72. The summed E-state index contributed by atoms with van der Waals surface area (Å²) < 4.78 is 0. The van der Waals surface area contributed by atoms with Gasteiger partial charge in [-0.3, -0.25) is 9.59 Å². The van der Waals surface area contributed by atoms with Gasteiger partial charge >= 0.3 is 0 Å². The van der Waals surface area contributed by atoms with Gasteiger partial charge in [-0.25, -0.2) is 0 Å². The average molecular weight is 412 g/mol. The fraction of sp³-hybridized carbons (Fsp3) is 0.600. The van der Waals surface area contributed by atoms with Crippen LogP contribution in [0, 0.1) is 0 Å². The molecule has 2 rings (SSSR count). The number of nitrogens with zero attached hydrogens (tertiary/aromatic N) is 1. The Hall–Kier alpha value is -1.24. The molecule has 1 aromatic carbocycles. The monoisotopic (exact) mass is 411 g/mol. The van der Waals surface area contributed by atoms with Crippen LogP contribution in [0.15, 0.2) is 24.3 Å². The number of carbonyl (C=O) groups is 2. The Balaban J connectivity index is 1.81. The Labute approximate surface area is 171 Å². The molecule has 7 heteroatoms. The summed E-state index contributed by atoms with van der Waals surface area (Å²) in [5.74, 6) is 0.368. The first kappa shape index (κ1) is 22.1. The topological polar surface area (TPSA) is 61.4 Å². The van der Waals surface area contributed by atoms with Gasteiger partial charge < -0.3 is 15.5 Å². The number of halogens is 1. The molecule has 150 valence electrons. The Bertz CT molecular complexity index is 609. The molecular weight excluding hydrogens is 382 g/mol. The molecule has 0 aromatic heterocycles. The largest absolute Gasteiger partial charge is 0.354 e. The van der Waals surface area contributed by atoms with Crippen LogP contribution in [0.1, 0.15) is 42.5 Å². The summed E-state index contributed by atoms with van der Waals surface area (Å²) in [5.41, 5.74) is 0.395. The second-order valence-corrected chi connectivity index (χ2v) is 8.23. The van der Waals surface area contributed by atoms with Gasteiger partial charge in [0.15, 0.2) is 0 Å². The first-order valence-electron chi connectivity index (χ1n) is 9.66. The van der Waals surface area contributed by atoms with Gasteiger partial charge in [0.05, 0.1) is 10.6 Å². The summed E-state index contributed by atoms with van der Waals surface area (Å²) in [4.78, 5) is 27.5. The summed E-state index contributed by atoms with van der Waals surface area (Å²) >= 11 is 7.75. The van der Waals surface area contributed by atoms with E-state index in [1.807, 2.05) is 6.26 Å². The maximum atomic E-state index is 12.6. The van der Waals surface area contributed by atoms with Crippen LogP contribution >= 0.6 is 23.4 Å². The smallest absolute Gasteiger partial charge is 0.253 e. The first-order valence-corrected chi connectivity index (χ1v) is 11.4. The van der Waals surface area contributed by atoms with Crippen LogP contribution < -0.4 is 10.6 Å². The highest BCUT2D eigenvalue weighted by Gasteiger charge is 2.22. The number of piperidine rings is 1. The fourth-order valence-electron chi connectivity index (χ4n) is 3.21. The summed E-state index contributed by atoms with van der Waals surface area (Å²) in [5, 5.41) is 6.21. The predicted molar refractivity (Wildman–Crippen MR) is 114 cm³/mol. The lowest BCUT2D eigenvalue weighted by Crippen LogP contribution is -2.47. The molecule has 5 nitrogen and oxygen atoms in total. The third kappa shape index (κ3) is 7.72. The minimum Gasteiger partial charge on any atom is -0.354 e. The zero-order valence-electron chi connectivity index (χ0n) is 16.0. The summed E-state index contributed by atoms with van der Waals surface area (Å²) in [6, 6.07) is 6.34. The molecule has 2 N–H and O–H groups in total. The molecule has 2 amide bonds. The Morgan fingerprint density at radius 1 is 1.22 bits per heavy atom. The minimum absolute atomic E-state index is 0.122. The quantitative estimate of drug-likeness (QED) is 0.580. The highest BCUT2D eigenvalue weighted by atomic mass is 35.5. The van der Waals surface area contributed by atoms with E-state index in [-0.39, 0.29) is 11.8 Å². The van der Waals surface area contributed by atoms with Crippen molar-refractivity contribution in [3.8, 4) is 0 Å². The van der Waals surface area contributed by atoms with Crippen molar-refractivity contribution >= 4 is 35.2 Å². The molecule has 1 aliphatic rings. The lowest BCUT2D eigenvalue weighted by atomic mass is 10.1. The number of nitrogens with one attached hydrogen (secondary N) is 2. The van der Waals surface area contributed by atoms with Crippen molar-refractivity contribution in [3.63, 3.8) is 0 Å². The number of carbonyl (C=O) groups excluding carboxylic acids is 2. The van der Waals surface area contributed by atoms with E-state index in [1.54, 1.807) is 36.0 Å². The second kappa shape index (κ2) is 12.3. The second-order valence-electron chi connectivity index (χ2n) is 6.83. The maximum absolute atomic E-state index is 12.6. The molecule has 0 aliphatic carbocycles. The molecule has 0 saturated carbocycles. The lowest BCUT2D eigenvalue weighted by molar-refractivity contribution is -0.123. The number of thioether (sulfide) groups is 1. The number of likely N-dealkylation sites (tertiary alicyclic amines) is 1. The van der Waals surface area contributed by atoms with E-state index >= 15 is 0 Å². The molecular formula is C20H30ClN3O2S. The fourth-order valence-corrected chi connectivity index (χ4v) is 3.90. The van der Waals surface area contributed by atoms with Gasteiger partial charge in [-0.1, -0.05) is 30.2 Å². The van der Waals surface area contributed by atoms with Crippen molar-refractivity contribution in [1.82, 2.24) is 15.5 Å². The predicted octanol–water partition coefficient (Wildman–Crippen LogP) is 3.18. The summed E-state index contributed by atoms with van der Waals surface area (Å²) in [6.07, 6.45) is 7.39. The van der Waals surface area contributed by atoms with Crippen LogP contribution in [-0.2, 0) is 4.79 Å². The van der Waals surface area contributed by atoms with Crippen molar-refractivity contribution in [2.45, 2.75) is 38.1 Å². The molecule has 1 aliphatic heterocycles. The van der Waals surface area contributed by atoms with Crippen molar-refractivity contribution < 1.29 is 9.59 Å². The van der Waals surface area contributed by atoms with E-state index in [0.717, 1.165) is 31.8 Å². The van der Waals surface area contributed by atoms with Crippen molar-refractivity contribution in [2.75, 3.05) is 38.2 Å². The molecule has 27 heavy (non-hydrogen) atoms. The minimum atomic E-state index is -0.545. The molecule has 1 atom stereocenters. The van der Waals surface area contributed by atoms with Gasteiger partial charge in [0.1, 0.15) is 6.04 Å². The van der Waals surface area contributed by atoms with E-state index in [4.69, 9.17) is 11.6 Å². The van der Waals surface area contributed by atoms with Crippen LogP contribution in [0.2, 0.25) is 5.02 Å². The van der Waals surface area contributed by atoms with Gasteiger partial charge in [0, 0.05) is 6.54 Å². The summed E-state index contributed by atoms with van der Waals surface area (Å²) in [6.45, 7) is 3.98. The van der Waals surface area contributed by atoms with Gasteiger partial charge in [-0.2, -0.15) is 11.8 Å². The Morgan fingerprint density at radius 2 is 1.96 bits per heavy atom. The molecule has 1 heterocycles. The SMILES string of the molecule is CSCCC(NC(=O)c1ccccc1Cl)C(=O)NCCCN1CCCCC1. The van der Waals surface area contributed by atoms with Crippen molar-refractivity contribution in [1.29, 1.82) is 0 Å². The third-order valence-electron chi connectivity index (χ3n) is 4.75. The van der Waals surface area contributed by atoms with Crippen LogP contribution in [0.3, 0.4) is 0 Å². The molecule has 1 unspecified atom stereocenters. The van der Waals surface area contributed by atoms with Gasteiger partial charge in [-0.05, 0) is 69.5 Å². The molecule has 0 spiro atoms. The van der Waals surface area contributed by atoms with Crippen molar-refractivity contribution in [2.24, 2.45) is 0 Å². The van der Waals surface area contributed by atoms with E-state index in [0.29, 0.717) is 23.6 Å². The molecule has 1 fully saturated rings. The highest BCUT2D eigenvalue weighted by Crippen LogP contribution is 2.15. The maximum Gasteiger partial charge on any atom is 0.253 e. The van der Waals surface area contributed by atoms with Crippen LogP contribution in [0.4, 0.5) is 0 Å². The van der Waals surface area contributed by atoms with E-state index < -0.39 is 6.04 Å². The zero-order chi connectivity index (χ0) is 19.5. The Kier molecular flexibility index (Phi) is 10.0. The van der Waals surface area contributed by atoms with E-state index in [1.165, 1.54) is 19.3 Å². The van der Waals surface area contributed by atoms with Crippen molar-refractivity contribution in [3.05, 3.63) is 34.9 Å². The first-order chi connectivity index (χ1) is 13.1. The number of hydrogen-bond acceptors (Lipinski definition) is 4. The van der Waals surface area contributed by atoms with E-state index in [9.17, 15) is 9.59 Å². The molecule has 1 aromatic rings. The number of benzene rings is 1. The Morgan fingerprint density at radius 3 is 2.67 bits per heavy atom. The van der Waals surface area contributed by atoms with E-state index in [2.05, 4.69) is 15.5 Å². The molecule has 0 bridgehead atoms. The lowest BCUT2D eigenvalue weighted by Gasteiger charge is -2.26. The molecule has 1 saturated heterocycles. The average Bonchev–Trinajstić information content (AvgIpc) is 2.69. The summed E-state index contributed by atoms with van der Waals surface area (Å²) in [7, 11) is 0. The molecule has 0 radical (unpaired) electrons. The number of hydrogen-bond donors (Lipinski definition) is 2. The van der Waals surface area contributed by atoms with Crippen LogP contribution in [-0.4, -0.2) is 60.9 Å².